The van der Waals surface area contributed by atoms with Gasteiger partial charge in [0.1, 0.15) is 11.8 Å². The molecule has 0 amide bonds. The van der Waals surface area contributed by atoms with Gasteiger partial charge in [0.05, 0.1) is 23.7 Å². The van der Waals surface area contributed by atoms with Gasteiger partial charge < -0.3 is 0 Å². The second-order valence-electron chi connectivity index (χ2n) is 2.91. The summed E-state index contributed by atoms with van der Waals surface area (Å²) in [7, 11) is 0. The molecule has 3 nitrogen and oxygen atoms in total. The van der Waals surface area contributed by atoms with Crippen molar-refractivity contribution >= 4 is 15.9 Å². The van der Waals surface area contributed by atoms with Crippen molar-refractivity contribution in [3.05, 3.63) is 28.6 Å². The maximum atomic E-state index is 12.6. The van der Waals surface area contributed by atoms with Gasteiger partial charge in [-0.05, 0) is 11.6 Å². The lowest BCUT2D eigenvalue weighted by Crippen LogP contribution is -2.03. The summed E-state index contributed by atoms with van der Waals surface area (Å²) in [6.45, 7) is 0. The number of aromatic nitrogens is 1. The van der Waals surface area contributed by atoms with Crippen molar-refractivity contribution in [1.29, 1.82) is 10.5 Å². The SMILES string of the molecule is N#CCc1nc(C#N)c(C(F)F)cc1CBr. The van der Waals surface area contributed by atoms with Crippen molar-refractivity contribution in [3.63, 3.8) is 0 Å². The second kappa shape index (κ2) is 5.53. The number of nitriles is 2. The lowest BCUT2D eigenvalue weighted by molar-refractivity contribution is 0.150. The number of alkyl halides is 3. The van der Waals surface area contributed by atoms with Crippen molar-refractivity contribution in [2.75, 3.05) is 0 Å². The molecular formula is C10H6BrF2N3. The van der Waals surface area contributed by atoms with Crippen LogP contribution in [-0.2, 0) is 11.8 Å². The van der Waals surface area contributed by atoms with Gasteiger partial charge in [-0.25, -0.2) is 13.8 Å². The average Bonchev–Trinajstić information content (AvgIpc) is 2.28. The summed E-state index contributed by atoms with van der Waals surface area (Å²) in [6.07, 6.45) is -2.74. The number of pyridine rings is 1. The van der Waals surface area contributed by atoms with E-state index in [1.807, 2.05) is 6.07 Å². The number of nitrogens with zero attached hydrogens (tertiary/aromatic N) is 3. The third kappa shape index (κ3) is 2.53. The first-order chi connectivity index (χ1) is 7.63. The molecule has 16 heavy (non-hydrogen) atoms. The van der Waals surface area contributed by atoms with Crippen LogP contribution in [0.15, 0.2) is 6.07 Å². The van der Waals surface area contributed by atoms with E-state index in [1.165, 1.54) is 6.07 Å². The lowest BCUT2D eigenvalue weighted by atomic mass is 10.1. The first-order valence-corrected chi connectivity index (χ1v) is 5.40. The summed E-state index contributed by atoms with van der Waals surface area (Å²) in [5, 5.41) is 17.6. The van der Waals surface area contributed by atoms with Crippen LogP contribution in [0, 0.1) is 22.7 Å². The Hall–Kier alpha value is -1.53. The molecule has 0 aliphatic rings. The van der Waals surface area contributed by atoms with Crippen molar-refractivity contribution in [1.82, 2.24) is 4.98 Å². The van der Waals surface area contributed by atoms with Crippen molar-refractivity contribution < 1.29 is 8.78 Å². The Morgan fingerprint density at radius 2 is 2.12 bits per heavy atom. The summed E-state index contributed by atoms with van der Waals surface area (Å²) in [5.74, 6) is 0. The highest BCUT2D eigenvalue weighted by Gasteiger charge is 2.17. The van der Waals surface area contributed by atoms with Gasteiger partial charge in [-0.3, -0.25) is 0 Å². The number of rotatable bonds is 3. The highest BCUT2D eigenvalue weighted by Crippen LogP contribution is 2.25. The van der Waals surface area contributed by atoms with Gasteiger partial charge in [0, 0.05) is 5.33 Å². The molecule has 0 saturated carbocycles. The molecule has 0 bridgehead atoms. The van der Waals surface area contributed by atoms with E-state index in [0.717, 1.165) is 0 Å². The molecule has 0 aliphatic carbocycles. The Morgan fingerprint density at radius 1 is 1.44 bits per heavy atom. The summed E-state index contributed by atoms with van der Waals surface area (Å²) >= 11 is 3.13. The Labute approximate surface area is 99.5 Å². The lowest BCUT2D eigenvalue weighted by Gasteiger charge is -2.08. The van der Waals surface area contributed by atoms with Gasteiger partial charge in [-0.15, -0.1) is 0 Å². The number of hydrogen-bond donors (Lipinski definition) is 0. The fourth-order valence-electron chi connectivity index (χ4n) is 1.21. The molecule has 0 saturated heterocycles. The number of halogens is 3. The molecule has 0 N–H and O–H groups in total. The predicted octanol–water partition coefficient (Wildman–Crippen LogP) is 2.85. The fourth-order valence-corrected chi connectivity index (χ4v) is 1.70. The third-order valence-corrected chi connectivity index (χ3v) is 2.56. The topological polar surface area (TPSA) is 60.5 Å². The Bertz CT molecular complexity index is 474. The molecular weight excluding hydrogens is 280 g/mol. The molecule has 0 aromatic carbocycles. The molecule has 1 aromatic heterocycles. The number of hydrogen-bond acceptors (Lipinski definition) is 3. The van der Waals surface area contributed by atoms with E-state index in [2.05, 4.69) is 20.9 Å². The summed E-state index contributed by atoms with van der Waals surface area (Å²) in [5.41, 5.74) is 0.166. The molecule has 1 heterocycles. The van der Waals surface area contributed by atoms with Gasteiger partial charge in [-0.2, -0.15) is 10.5 Å². The van der Waals surface area contributed by atoms with Gasteiger partial charge in [0.2, 0.25) is 0 Å². The molecule has 0 aliphatic heterocycles. The van der Waals surface area contributed by atoms with Crippen LogP contribution in [0.2, 0.25) is 0 Å². The van der Waals surface area contributed by atoms with E-state index in [-0.39, 0.29) is 12.1 Å². The quantitative estimate of drug-likeness (QED) is 0.803. The minimum atomic E-state index is -2.74. The van der Waals surface area contributed by atoms with E-state index in [9.17, 15) is 8.78 Å². The van der Waals surface area contributed by atoms with Crippen LogP contribution in [-0.4, -0.2) is 4.98 Å². The molecule has 0 spiro atoms. The smallest absolute Gasteiger partial charge is 0.240 e. The maximum absolute atomic E-state index is 12.6. The highest BCUT2D eigenvalue weighted by atomic mass is 79.9. The molecule has 82 valence electrons. The van der Waals surface area contributed by atoms with E-state index >= 15 is 0 Å². The molecule has 1 aromatic rings. The molecule has 1 rings (SSSR count). The molecule has 6 heteroatoms. The van der Waals surface area contributed by atoms with Gasteiger partial charge in [-0.1, -0.05) is 15.9 Å². The van der Waals surface area contributed by atoms with E-state index < -0.39 is 12.0 Å². The van der Waals surface area contributed by atoms with Gasteiger partial charge in [0.15, 0.2) is 0 Å². The van der Waals surface area contributed by atoms with Crippen LogP contribution < -0.4 is 0 Å². The first-order valence-electron chi connectivity index (χ1n) is 4.27. The zero-order chi connectivity index (χ0) is 12.1. The molecule has 0 atom stereocenters. The van der Waals surface area contributed by atoms with Crippen LogP contribution in [0.1, 0.15) is 28.9 Å². The Balaban J connectivity index is 3.36. The maximum Gasteiger partial charge on any atom is 0.266 e. The third-order valence-electron chi connectivity index (χ3n) is 1.95. The average molecular weight is 286 g/mol. The van der Waals surface area contributed by atoms with E-state index in [1.54, 1.807) is 6.07 Å². The second-order valence-corrected chi connectivity index (χ2v) is 3.47. The van der Waals surface area contributed by atoms with Crippen LogP contribution in [0.3, 0.4) is 0 Å². The van der Waals surface area contributed by atoms with Crippen LogP contribution in [0.5, 0.6) is 0 Å². The minimum absolute atomic E-state index is 0.000862. The standard InChI is InChI=1S/C10H6BrF2N3/c11-4-6-3-7(10(12)13)9(5-15)16-8(6)1-2-14/h3,10H,1,4H2. The van der Waals surface area contributed by atoms with Crippen LogP contribution in [0.4, 0.5) is 8.78 Å². The van der Waals surface area contributed by atoms with E-state index in [0.29, 0.717) is 16.6 Å². The zero-order valence-corrected chi connectivity index (χ0v) is 9.63. The van der Waals surface area contributed by atoms with Crippen LogP contribution >= 0.6 is 15.9 Å². The van der Waals surface area contributed by atoms with Crippen molar-refractivity contribution in [2.24, 2.45) is 0 Å². The predicted molar refractivity (Wildman–Crippen MR) is 55.9 cm³/mol. The highest BCUT2D eigenvalue weighted by molar-refractivity contribution is 9.08. The minimum Gasteiger partial charge on any atom is -0.240 e. The van der Waals surface area contributed by atoms with E-state index in [4.69, 9.17) is 10.5 Å². The summed E-state index contributed by atoms with van der Waals surface area (Å²) in [6, 6.07) is 4.71. The Morgan fingerprint density at radius 3 is 2.56 bits per heavy atom. The monoisotopic (exact) mass is 285 g/mol. The van der Waals surface area contributed by atoms with Gasteiger partial charge >= 0.3 is 0 Å². The van der Waals surface area contributed by atoms with Crippen molar-refractivity contribution in [3.8, 4) is 12.1 Å². The van der Waals surface area contributed by atoms with Crippen molar-refractivity contribution in [2.45, 2.75) is 18.2 Å². The normalized spacial score (nSPS) is 9.88. The summed E-state index contributed by atoms with van der Waals surface area (Å²) < 4.78 is 25.2. The Kier molecular flexibility index (Phi) is 4.33. The molecule has 0 fully saturated rings. The summed E-state index contributed by atoms with van der Waals surface area (Å²) in [4.78, 5) is 3.78. The first kappa shape index (κ1) is 12.5. The largest absolute Gasteiger partial charge is 0.266 e. The van der Waals surface area contributed by atoms with Gasteiger partial charge in [0.25, 0.3) is 6.43 Å². The molecule has 0 radical (unpaired) electrons. The fraction of sp³-hybridized carbons (Fsp3) is 0.300. The van der Waals surface area contributed by atoms with Crippen LogP contribution in [0.25, 0.3) is 0 Å². The molecule has 0 unspecified atom stereocenters. The zero-order valence-electron chi connectivity index (χ0n) is 8.04.